The monoisotopic (exact) mass is 272 g/mol. The van der Waals surface area contributed by atoms with Crippen LogP contribution in [0.3, 0.4) is 0 Å². The third-order valence-electron chi connectivity index (χ3n) is 3.11. The molecule has 1 atom stereocenters. The first-order chi connectivity index (χ1) is 9.24. The molecule has 4 heteroatoms. The van der Waals surface area contributed by atoms with Gasteiger partial charge < -0.3 is 10.2 Å². The van der Waals surface area contributed by atoms with E-state index in [1.807, 2.05) is 36.4 Å². The fraction of sp³-hybridized carbons (Fsp3) is 0.133. The average molecular weight is 273 g/mol. The molecule has 19 heavy (non-hydrogen) atoms. The number of rotatable bonds is 3. The minimum Gasteiger partial charge on any atom is -0.459 e. The van der Waals surface area contributed by atoms with Crippen LogP contribution < -0.4 is 5.73 Å². The number of nitrogens with zero attached hydrogens (tertiary/aromatic N) is 1. The van der Waals surface area contributed by atoms with Crippen LogP contribution in [0.4, 0.5) is 0 Å². The van der Waals surface area contributed by atoms with Crippen molar-refractivity contribution >= 4 is 22.6 Å². The third kappa shape index (κ3) is 2.48. The molecule has 0 saturated heterocycles. The lowest BCUT2D eigenvalue weighted by atomic mass is 10.1. The molecule has 0 aliphatic carbocycles. The van der Waals surface area contributed by atoms with Gasteiger partial charge in [0, 0.05) is 17.8 Å². The molecule has 0 radical (unpaired) electrons. The Morgan fingerprint density at radius 2 is 2.11 bits per heavy atom. The highest BCUT2D eigenvalue weighted by Crippen LogP contribution is 2.26. The number of furan rings is 1. The van der Waals surface area contributed by atoms with E-state index >= 15 is 0 Å². The van der Waals surface area contributed by atoms with E-state index in [9.17, 15) is 0 Å². The van der Waals surface area contributed by atoms with E-state index < -0.39 is 0 Å². The second-order valence-corrected chi connectivity index (χ2v) is 4.87. The van der Waals surface area contributed by atoms with Gasteiger partial charge in [-0.3, -0.25) is 4.98 Å². The zero-order chi connectivity index (χ0) is 13.2. The summed E-state index contributed by atoms with van der Waals surface area (Å²) in [6.07, 6.45) is 3.97. The van der Waals surface area contributed by atoms with Crippen molar-refractivity contribution in [3.8, 4) is 0 Å². The van der Waals surface area contributed by atoms with Gasteiger partial charge in [0.25, 0.3) is 0 Å². The molecule has 1 unspecified atom stereocenters. The maximum Gasteiger partial charge on any atom is 0.134 e. The molecular formula is C15H13ClN2O. The number of fused-ring (bicyclic) bond motifs is 1. The maximum absolute atomic E-state index is 6.19. The second-order valence-electron chi connectivity index (χ2n) is 4.46. The van der Waals surface area contributed by atoms with Gasteiger partial charge in [-0.15, -0.1) is 0 Å². The first-order valence-electron chi connectivity index (χ1n) is 6.06. The van der Waals surface area contributed by atoms with E-state index in [0.717, 1.165) is 22.3 Å². The lowest BCUT2D eigenvalue weighted by Crippen LogP contribution is -2.12. The summed E-state index contributed by atoms with van der Waals surface area (Å²) in [5, 5.41) is 1.70. The van der Waals surface area contributed by atoms with Crippen molar-refractivity contribution in [2.24, 2.45) is 5.73 Å². The molecule has 3 aromatic rings. The van der Waals surface area contributed by atoms with E-state index in [4.69, 9.17) is 21.8 Å². The summed E-state index contributed by atoms with van der Waals surface area (Å²) in [6, 6.07) is 11.5. The second kappa shape index (κ2) is 5.03. The SMILES string of the molecule is NC(Cc1ccncc1Cl)c1cc2ccccc2o1. The number of pyridine rings is 1. The molecule has 0 bridgehead atoms. The number of hydrogen-bond acceptors (Lipinski definition) is 3. The summed E-state index contributed by atoms with van der Waals surface area (Å²) in [6.45, 7) is 0. The van der Waals surface area contributed by atoms with Crippen LogP contribution >= 0.6 is 11.6 Å². The molecule has 0 aliphatic heterocycles. The minimum absolute atomic E-state index is 0.215. The van der Waals surface area contributed by atoms with Crippen LogP contribution in [0.25, 0.3) is 11.0 Å². The molecular weight excluding hydrogens is 260 g/mol. The number of halogens is 1. The number of benzene rings is 1. The van der Waals surface area contributed by atoms with Gasteiger partial charge >= 0.3 is 0 Å². The van der Waals surface area contributed by atoms with Crippen molar-refractivity contribution in [3.05, 3.63) is 65.1 Å². The smallest absolute Gasteiger partial charge is 0.134 e. The van der Waals surface area contributed by atoms with Crippen LogP contribution in [0.2, 0.25) is 5.02 Å². The van der Waals surface area contributed by atoms with Crippen LogP contribution in [-0.2, 0) is 6.42 Å². The zero-order valence-electron chi connectivity index (χ0n) is 10.2. The summed E-state index contributed by atoms with van der Waals surface area (Å²) < 4.78 is 5.76. The lowest BCUT2D eigenvalue weighted by Gasteiger charge is -2.09. The van der Waals surface area contributed by atoms with Crippen LogP contribution in [0.15, 0.2) is 53.2 Å². The predicted molar refractivity (Wildman–Crippen MR) is 76.1 cm³/mol. The normalized spacial score (nSPS) is 12.7. The number of nitrogens with two attached hydrogens (primary N) is 1. The largest absolute Gasteiger partial charge is 0.459 e. The molecule has 1 aromatic carbocycles. The summed E-state index contributed by atoms with van der Waals surface area (Å²) in [4.78, 5) is 3.96. The molecule has 0 aliphatic rings. The van der Waals surface area contributed by atoms with Crippen molar-refractivity contribution < 1.29 is 4.42 Å². The highest BCUT2D eigenvalue weighted by molar-refractivity contribution is 6.31. The predicted octanol–water partition coefficient (Wildman–Crippen LogP) is 3.72. The number of para-hydroxylation sites is 1. The quantitative estimate of drug-likeness (QED) is 0.790. The van der Waals surface area contributed by atoms with Crippen molar-refractivity contribution in [1.82, 2.24) is 4.98 Å². The first kappa shape index (κ1) is 12.2. The molecule has 0 spiro atoms. The van der Waals surface area contributed by atoms with Crippen LogP contribution in [0.1, 0.15) is 17.4 Å². The zero-order valence-corrected chi connectivity index (χ0v) is 11.0. The number of hydrogen-bond donors (Lipinski definition) is 1. The van der Waals surface area contributed by atoms with Gasteiger partial charge in [-0.2, -0.15) is 0 Å². The van der Waals surface area contributed by atoms with Crippen molar-refractivity contribution in [2.75, 3.05) is 0 Å². The van der Waals surface area contributed by atoms with Crippen LogP contribution in [0.5, 0.6) is 0 Å². The van der Waals surface area contributed by atoms with Crippen molar-refractivity contribution in [1.29, 1.82) is 0 Å². The Hall–Kier alpha value is -1.84. The van der Waals surface area contributed by atoms with E-state index in [1.54, 1.807) is 12.4 Å². The summed E-state index contributed by atoms with van der Waals surface area (Å²) in [5.74, 6) is 0.772. The minimum atomic E-state index is -0.215. The standard InChI is InChI=1S/C15H13ClN2O/c16-12-9-18-6-5-10(12)7-13(17)15-8-11-3-1-2-4-14(11)19-15/h1-6,8-9,13H,7,17H2. The third-order valence-corrected chi connectivity index (χ3v) is 3.45. The molecule has 3 nitrogen and oxygen atoms in total. The van der Waals surface area contributed by atoms with Gasteiger partial charge in [-0.1, -0.05) is 29.8 Å². The van der Waals surface area contributed by atoms with E-state index in [2.05, 4.69) is 4.98 Å². The van der Waals surface area contributed by atoms with Crippen molar-refractivity contribution in [2.45, 2.75) is 12.5 Å². The van der Waals surface area contributed by atoms with Gasteiger partial charge in [0.15, 0.2) is 0 Å². The molecule has 96 valence electrons. The summed E-state index contributed by atoms with van der Waals surface area (Å²) >= 11 is 6.09. The Kier molecular flexibility index (Phi) is 3.23. The Labute approximate surface area is 116 Å². The van der Waals surface area contributed by atoms with Crippen molar-refractivity contribution in [3.63, 3.8) is 0 Å². The van der Waals surface area contributed by atoms with Gasteiger partial charge in [-0.05, 0) is 30.2 Å². The molecule has 0 saturated carbocycles. The Bertz CT molecular complexity index is 675. The fourth-order valence-corrected chi connectivity index (χ4v) is 2.29. The molecule has 2 aromatic heterocycles. The molecule has 3 rings (SSSR count). The van der Waals surface area contributed by atoms with Gasteiger partial charge in [0.05, 0.1) is 11.1 Å². The van der Waals surface area contributed by atoms with Crippen LogP contribution in [0, 0.1) is 0 Å². The first-order valence-corrected chi connectivity index (χ1v) is 6.44. The highest BCUT2D eigenvalue weighted by atomic mass is 35.5. The van der Waals surface area contributed by atoms with Gasteiger partial charge in [-0.25, -0.2) is 0 Å². The maximum atomic E-state index is 6.19. The van der Waals surface area contributed by atoms with E-state index in [-0.39, 0.29) is 6.04 Å². The number of aromatic nitrogens is 1. The Morgan fingerprint density at radius 3 is 2.89 bits per heavy atom. The van der Waals surface area contributed by atoms with Gasteiger partial charge in [0.2, 0.25) is 0 Å². The fourth-order valence-electron chi connectivity index (χ4n) is 2.09. The lowest BCUT2D eigenvalue weighted by molar-refractivity contribution is 0.494. The van der Waals surface area contributed by atoms with Gasteiger partial charge in [0.1, 0.15) is 11.3 Å². The molecule has 0 amide bonds. The average Bonchev–Trinajstić information content (AvgIpc) is 2.85. The Balaban J connectivity index is 1.87. The topological polar surface area (TPSA) is 52.0 Å². The molecule has 2 heterocycles. The molecule has 2 N–H and O–H groups in total. The van der Waals surface area contributed by atoms with E-state index in [1.165, 1.54) is 0 Å². The summed E-state index contributed by atoms with van der Waals surface area (Å²) in [7, 11) is 0. The van der Waals surface area contributed by atoms with Crippen LogP contribution in [-0.4, -0.2) is 4.98 Å². The molecule has 0 fully saturated rings. The summed E-state index contributed by atoms with van der Waals surface area (Å²) in [5.41, 5.74) is 8.02. The Morgan fingerprint density at radius 1 is 1.26 bits per heavy atom. The highest BCUT2D eigenvalue weighted by Gasteiger charge is 2.14. The van der Waals surface area contributed by atoms with E-state index in [0.29, 0.717) is 11.4 Å².